The largest absolute Gasteiger partial charge is 0.445 e. The molecule has 0 aromatic carbocycles. The van der Waals surface area contributed by atoms with E-state index in [1.54, 1.807) is 0 Å². The minimum atomic E-state index is -4.07. The van der Waals surface area contributed by atoms with E-state index >= 15 is 0 Å². The Bertz CT molecular complexity index is 235. The normalized spacial score (nSPS) is 15.0. The first-order valence-corrected chi connectivity index (χ1v) is 13.5. The third-order valence-corrected chi connectivity index (χ3v) is 14.1. The van der Waals surface area contributed by atoms with Crippen LogP contribution in [-0.4, -0.2) is 43.5 Å². The second-order valence-corrected chi connectivity index (χ2v) is 15.0. The maximum absolute atomic E-state index is 11.9. The highest BCUT2D eigenvalue weighted by atomic mass is 28.5. The molecule has 17 heavy (non-hydrogen) atoms. The average Bonchev–Trinajstić information content (AvgIpc) is 2.09. The van der Waals surface area contributed by atoms with Gasteiger partial charge in [0.05, 0.1) is 0 Å². The Kier molecular flexibility index (Phi) is 6.84. The summed E-state index contributed by atoms with van der Waals surface area (Å²) in [5.74, 6) is 0. The SMILES string of the molecule is C[Si](C)(O[SiH3])O[Si](C)(C)O[SiH2]CCC(F)(F)F. The Labute approximate surface area is 108 Å². The molecule has 0 heterocycles. The average molecular weight is 323 g/mol. The van der Waals surface area contributed by atoms with Crippen LogP contribution in [0.25, 0.3) is 0 Å². The lowest BCUT2D eigenvalue weighted by molar-refractivity contribution is -0.130. The zero-order chi connectivity index (χ0) is 13.7. The molecule has 0 atom stereocenters. The van der Waals surface area contributed by atoms with Crippen LogP contribution in [-0.2, 0) is 12.3 Å². The third-order valence-electron chi connectivity index (χ3n) is 2.04. The molecule has 0 aromatic heterocycles. The van der Waals surface area contributed by atoms with Gasteiger partial charge in [0.2, 0.25) is 0 Å². The quantitative estimate of drug-likeness (QED) is 0.520. The molecule has 0 aromatic rings. The Morgan fingerprint density at radius 2 is 1.65 bits per heavy atom. The Morgan fingerprint density at radius 1 is 1.12 bits per heavy atom. The zero-order valence-electron chi connectivity index (χ0n) is 11.0. The number of alkyl halides is 3. The maximum atomic E-state index is 11.9. The van der Waals surface area contributed by atoms with Gasteiger partial charge in [0.15, 0.2) is 0 Å². The first-order chi connectivity index (χ1) is 7.47. The van der Waals surface area contributed by atoms with Crippen molar-refractivity contribution in [3.8, 4) is 0 Å². The van der Waals surface area contributed by atoms with Crippen LogP contribution in [0.2, 0.25) is 32.2 Å². The number of hydrogen-bond acceptors (Lipinski definition) is 3. The van der Waals surface area contributed by atoms with Crippen molar-refractivity contribution in [2.75, 3.05) is 0 Å². The van der Waals surface area contributed by atoms with Gasteiger partial charge in [-0.3, -0.25) is 0 Å². The molecule has 0 fully saturated rings. The molecule has 104 valence electrons. The fraction of sp³-hybridized carbons (Fsp3) is 1.00. The van der Waals surface area contributed by atoms with Crippen LogP contribution in [0.3, 0.4) is 0 Å². The second-order valence-electron chi connectivity index (χ2n) is 4.67. The van der Waals surface area contributed by atoms with Crippen LogP contribution in [0, 0.1) is 0 Å². The van der Waals surface area contributed by atoms with E-state index in [2.05, 4.69) is 0 Å². The van der Waals surface area contributed by atoms with E-state index in [1.165, 1.54) is 0 Å². The smallest absolute Gasteiger partial charge is 0.388 e. The second kappa shape index (κ2) is 6.63. The third kappa shape index (κ3) is 10.2. The van der Waals surface area contributed by atoms with Crippen molar-refractivity contribution >= 4 is 37.4 Å². The predicted molar refractivity (Wildman–Crippen MR) is 72.2 cm³/mol. The van der Waals surface area contributed by atoms with Crippen LogP contribution in [0.1, 0.15) is 6.42 Å². The van der Waals surface area contributed by atoms with E-state index < -0.39 is 39.5 Å². The molecule has 0 saturated carbocycles. The maximum Gasteiger partial charge on any atom is 0.388 e. The molecular weight excluding hydrogens is 301 g/mol. The van der Waals surface area contributed by atoms with E-state index in [0.717, 1.165) is 0 Å². The van der Waals surface area contributed by atoms with Crippen molar-refractivity contribution in [1.29, 1.82) is 0 Å². The molecule has 0 saturated heterocycles. The number of hydrogen-bond donors (Lipinski definition) is 0. The molecule has 0 radical (unpaired) electrons. The summed E-state index contributed by atoms with van der Waals surface area (Å²) >= 11 is 0. The van der Waals surface area contributed by atoms with E-state index in [9.17, 15) is 13.2 Å². The van der Waals surface area contributed by atoms with Crippen molar-refractivity contribution in [1.82, 2.24) is 0 Å². The van der Waals surface area contributed by atoms with Gasteiger partial charge in [0.25, 0.3) is 0 Å². The fourth-order valence-corrected chi connectivity index (χ4v) is 10.9. The van der Waals surface area contributed by atoms with Crippen LogP contribution in [0.5, 0.6) is 0 Å². The lowest BCUT2D eigenvalue weighted by Crippen LogP contribution is -2.48. The Balaban J connectivity index is 3.94. The van der Waals surface area contributed by atoms with Crippen molar-refractivity contribution < 1.29 is 25.5 Å². The van der Waals surface area contributed by atoms with E-state index in [-0.39, 0.29) is 6.04 Å². The van der Waals surface area contributed by atoms with Crippen LogP contribution < -0.4 is 0 Å². The van der Waals surface area contributed by atoms with E-state index in [1.807, 2.05) is 26.2 Å². The summed E-state index contributed by atoms with van der Waals surface area (Å²) in [5.41, 5.74) is 0. The lowest BCUT2D eigenvalue weighted by Gasteiger charge is -2.32. The molecule has 0 N–H and O–H groups in total. The molecule has 0 unspecified atom stereocenters. The van der Waals surface area contributed by atoms with Gasteiger partial charge in [0, 0.05) is 6.42 Å². The molecule has 10 heteroatoms. The molecule has 0 amide bonds. The first-order valence-electron chi connectivity index (χ1n) is 5.43. The molecule has 0 aliphatic carbocycles. The van der Waals surface area contributed by atoms with Gasteiger partial charge < -0.3 is 12.3 Å². The van der Waals surface area contributed by atoms with Crippen LogP contribution in [0.4, 0.5) is 13.2 Å². The van der Waals surface area contributed by atoms with Gasteiger partial charge in [-0.05, 0) is 32.2 Å². The molecule has 0 spiro atoms. The van der Waals surface area contributed by atoms with Gasteiger partial charge in [-0.1, -0.05) is 0 Å². The Hall–Kier alpha value is 0.538. The van der Waals surface area contributed by atoms with Crippen LogP contribution in [0.15, 0.2) is 0 Å². The molecule has 0 bridgehead atoms. The van der Waals surface area contributed by atoms with Crippen molar-refractivity contribution in [3.63, 3.8) is 0 Å². The minimum absolute atomic E-state index is 0.118. The molecule has 0 aliphatic heterocycles. The fourth-order valence-electron chi connectivity index (χ4n) is 1.25. The minimum Gasteiger partial charge on any atom is -0.445 e. The van der Waals surface area contributed by atoms with Gasteiger partial charge in [-0.2, -0.15) is 13.2 Å². The van der Waals surface area contributed by atoms with E-state index in [4.69, 9.17) is 12.3 Å². The number of halogens is 3. The molecule has 0 rings (SSSR count). The highest BCUT2D eigenvalue weighted by Gasteiger charge is 2.35. The lowest BCUT2D eigenvalue weighted by atomic mass is 10.5. The standard InChI is InChI=1S/C7H21F3O3Si4/c1-16(2,11-14)13-17(3,4)12-15-6-5-7(8,9)10/h5-6,15H2,1-4,14H3. The summed E-state index contributed by atoms with van der Waals surface area (Å²) in [6.07, 6.45) is -4.82. The van der Waals surface area contributed by atoms with Crippen molar-refractivity contribution in [2.24, 2.45) is 0 Å². The summed E-state index contributed by atoms with van der Waals surface area (Å²) in [6, 6.07) is 0.118. The number of rotatable bonds is 7. The molecular formula is C7H21F3O3Si4. The van der Waals surface area contributed by atoms with E-state index in [0.29, 0.717) is 10.5 Å². The highest BCUT2D eigenvalue weighted by Crippen LogP contribution is 2.22. The first kappa shape index (κ1) is 17.5. The van der Waals surface area contributed by atoms with Gasteiger partial charge >= 0.3 is 23.3 Å². The predicted octanol–water partition coefficient (Wildman–Crippen LogP) is 1.17. The topological polar surface area (TPSA) is 27.7 Å². The summed E-state index contributed by atoms with van der Waals surface area (Å²) < 4.78 is 52.6. The Morgan fingerprint density at radius 3 is 2.06 bits per heavy atom. The summed E-state index contributed by atoms with van der Waals surface area (Å²) in [5, 5.41) is 0. The zero-order valence-corrected chi connectivity index (χ0v) is 16.4. The van der Waals surface area contributed by atoms with Crippen molar-refractivity contribution in [2.45, 2.75) is 44.8 Å². The van der Waals surface area contributed by atoms with Gasteiger partial charge in [0.1, 0.15) is 20.2 Å². The van der Waals surface area contributed by atoms with Gasteiger partial charge in [-0.15, -0.1) is 0 Å². The van der Waals surface area contributed by atoms with Crippen molar-refractivity contribution in [3.05, 3.63) is 0 Å². The molecule has 3 nitrogen and oxygen atoms in total. The van der Waals surface area contributed by atoms with Crippen LogP contribution >= 0.6 is 0 Å². The monoisotopic (exact) mass is 322 g/mol. The van der Waals surface area contributed by atoms with Gasteiger partial charge in [-0.25, -0.2) is 0 Å². The summed E-state index contributed by atoms with van der Waals surface area (Å²) in [4.78, 5) is 0. The molecule has 0 aliphatic rings. The highest BCUT2D eigenvalue weighted by molar-refractivity contribution is 6.81. The summed E-state index contributed by atoms with van der Waals surface area (Å²) in [7, 11) is -4.96. The summed E-state index contributed by atoms with van der Waals surface area (Å²) in [6.45, 7) is 7.58.